The summed E-state index contributed by atoms with van der Waals surface area (Å²) in [4.78, 5) is 27.4. The van der Waals surface area contributed by atoms with Crippen LogP contribution < -0.4 is 15.6 Å². The maximum atomic E-state index is 13.1. The lowest BCUT2D eigenvalue weighted by atomic mass is 10.0. The molecule has 2 aromatic carbocycles. The first-order valence-electron chi connectivity index (χ1n) is 11.7. The van der Waals surface area contributed by atoms with Gasteiger partial charge in [0.2, 0.25) is 0 Å². The van der Waals surface area contributed by atoms with E-state index >= 15 is 0 Å². The Balaban J connectivity index is 1.57. The molecule has 8 nitrogen and oxygen atoms in total. The summed E-state index contributed by atoms with van der Waals surface area (Å²) in [6.45, 7) is 3.31. The molecule has 1 fully saturated rings. The number of sulfone groups is 1. The summed E-state index contributed by atoms with van der Waals surface area (Å²) in [7, 11) is -3.09. The molecule has 0 aliphatic carbocycles. The zero-order valence-corrected chi connectivity index (χ0v) is 20.4. The predicted molar refractivity (Wildman–Crippen MR) is 131 cm³/mol. The Hall–Kier alpha value is -2.91. The van der Waals surface area contributed by atoms with Gasteiger partial charge in [-0.15, -0.1) is 0 Å². The molecule has 2 N–H and O–H groups in total. The standard InChI is InChI=1S/C25H33N3O5S/c1-2-3-4-8-17-33-22-13-11-21(12-14-22)24(29)26-27-25(30)23(20-9-6-5-7-10-20)28-15-18-34(31,32)19-16-28/h5-7,9-14,23H,2-4,8,15-19H2,1H3,(H,26,29)(H,27,30). The number of hydrogen-bond acceptors (Lipinski definition) is 6. The first kappa shape index (κ1) is 25.7. The molecule has 1 aliphatic rings. The summed E-state index contributed by atoms with van der Waals surface area (Å²) < 4.78 is 29.4. The average molecular weight is 488 g/mol. The Kier molecular flexibility index (Phi) is 9.47. The number of ether oxygens (including phenoxy) is 1. The number of amides is 2. The van der Waals surface area contributed by atoms with Gasteiger partial charge in [0.15, 0.2) is 9.84 Å². The molecule has 0 spiro atoms. The number of nitrogens with zero attached hydrogens (tertiary/aromatic N) is 1. The molecule has 1 saturated heterocycles. The van der Waals surface area contributed by atoms with Crippen LogP contribution in [0.1, 0.15) is 54.6 Å². The highest BCUT2D eigenvalue weighted by Crippen LogP contribution is 2.23. The van der Waals surface area contributed by atoms with Crippen molar-refractivity contribution in [2.24, 2.45) is 0 Å². The largest absolute Gasteiger partial charge is 0.494 e. The molecule has 0 bridgehead atoms. The normalized spacial score (nSPS) is 16.4. The van der Waals surface area contributed by atoms with E-state index in [1.54, 1.807) is 24.3 Å². The molecule has 34 heavy (non-hydrogen) atoms. The second kappa shape index (κ2) is 12.5. The van der Waals surface area contributed by atoms with E-state index in [2.05, 4.69) is 17.8 Å². The molecule has 1 heterocycles. The van der Waals surface area contributed by atoms with Crippen LogP contribution in [-0.4, -0.2) is 56.3 Å². The van der Waals surface area contributed by atoms with Gasteiger partial charge in [0.05, 0.1) is 18.1 Å². The van der Waals surface area contributed by atoms with E-state index in [0.717, 1.165) is 18.4 Å². The quantitative estimate of drug-likeness (QED) is 0.394. The van der Waals surface area contributed by atoms with Gasteiger partial charge in [0.25, 0.3) is 11.8 Å². The van der Waals surface area contributed by atoms with E-state index in [-0.39, 0.29) is 24.6 Å². The SMILES string of the molecule is CCCCCCOc1ccc(C(=O)NNC(=O)C(c2ccccc2)N2CCS(=O)(=O)CC2)cc1. The molecule has 184 valence electrons. The lowest BCUT2D eigenvalue weighted by Gasteiger charge is -2.33. The molecule has 2 aromatic rings. The van der Waals surface area contributed by atoms with Gasteiger partial charge in [-0.2, -0.15) is 0 Å². The molecule has 3 rings (SSSR count). The van der Waals surface area contributed by atoms with Crippen LogP contribution in [0, 0.1) is 0 Å². The van der Waals surface area contributed by atoms with Crippen LogP contribution in [0.2, 0.25) is 0 Å². The number of carbonyl (C=O) groups is 2. The highest BCUT2D eigenvalue weighted by atomic mass is 32.2. The van der Waals surface area contributed by atoms with E-state index in [4.69, 9.17) is 4.74 Å². The molecular weight excluding hydrogens is 454 g/mol. The van der Waals surface area contributed by atoms with E-state index in [1.807, 2.05) is 35.2 Å². The van der Waals surface area contributed by atoms with Crippen molar-refractivity contribution in [1.29, 1.82) is 0 Å². The van der Waals surface area contributed by atoms with Crippen LogP contribution in [0.3, 0.4) is 0 Å². The summed E-state index contributed by atoms with van der Waals surface area (Å²) in [5.41, 5.74) is 6.09. The Morgan fingerprint density at radius 3 is 2.26 bits per heavy atom. The molecular formula is C25H33N3O5S. The van der Waals surface area contributed by atoms with Crippen LogP contribution in [0.25, 0.3) is 0 Å². The number of hydrogen-bond donors (Lipinski definition) is 2. The number of hydrazine groups is 1. The summed E-state index contributed by atoms with van der Waals surface area (Å²) in [6, 6.07) is 15.2. The maximum absolute atomic E-state index is 13.1. The Morgan fingerprint density at radius 2 is 1.62 bits per heavy atom. The monoisotopic (exact) mass is 487 g/mol. The van der Waals surface area contributed by atoms with Crippen molar-refractivity contribution in [3.8, 4) is 5.75 Å². The Bertz CT molecular complexity index is 1030. The third kappa shape index (κ3) is 7.56. The van der Waals surface area contributed by atoms with Gasteiger partial charge >= 0.3 is 0 Å². The van der Waals surface area contributed by atoms with Crippen molar-refractivity contribution < 1.29 is 22.7 Å². The fourth-order valence-corrected chi connectivity index (χ4v) is 5.06. The molecule has 0 radical (unpaired) electrons. The number of carbonyl (C=O) groups excluding carboxylic acids is 2. The van der Waals surface area contributed by atoms with Crippen molar-refractivity contribution in [3.63, 3.8) is 0 Å². The topological polar surface area (TPSA) is 105 Å². The smallest absolute Gasteiger partial charge is 0.269 e. The summed E-state index contributed by atoms with van der Waals surface area (Å²) in [5, 5.41) is 0. The molecule has 1 unspecified atom stereocenters. The van der Waals surface area contributed by atoms with Crippen molar-refractivity contribution in [2.75, 3.05) is 31.2 Å². The van der Waals surface area contributed by atoms with Crippen molar-refractivity contribution in [1.82, 2.24) is 15.8 Å². The van der Waals surface area contributed by atoms with E-state index in [0.29, 0.717) is 17.9 Å². The van der Waals surface area contributed by atoms with Crippen LogP contribution >= 0.6 is 0 Å². The van der Waals surface area contributed by atoms with Gasteiger partial charge in [-0.05, 0) is 36.2 Å². The summed E-state index contributed by atoms with van der Waals surface area (Å²) in [6.07, 6.45) is 4.49. The van der Waals surface area contributed by atoms with Crippen molar-refractivity contribution in [3.05, 3.63) is 65.7 Å². The third-order valence-corrected chi connectivity index (χ3v) is 7.40. The van der Waals surface area contributed by atoms with Crippen molar-refractivity contribution in [2.45, 2.75) is 38.6 Å². The number of rotatable bonds is 10. The minimum Gasteiger partial charge on any atom is -0.494 e. The van der Waals surface area contributed by atoms with Gasteiger partial charge in [-0.1, -0.05) is 56.5 Å². The molecule has 9 heteroatoms. The molecule has 0 saturated carbocycles. The second-order valence-electron chi connectivity index (χ2n) is 8.38. The minimum absolute atomic E-state index is 0.00297. The lowest BCUT2D eigenvalue weighted by molar-refractivity contribution is -0.127. The highest BCUT2D eigenvalue weighted by Gasteiger charge is 2.32. The Labute approximate surface area is 201 Å². The molecule has 1 atom stereocenters. The van der Waals surface area contributed by atoms with Crippen LogP contribution in [0.5, 0.6) is 5.75 Å². The van der Waals surface area contributed by atoms with E-state index in [1.165, 1.54) is 12.8 Å². The van der Waals surface area contributed by atoms with Crippen LogP contribution in [0.15, 0.2) is 54.6 Å². The van der Waals surface area contributed by atoms with Gasteiger partial charge in [-0.25, -0.2) is 8.42 Å². The number of nitrogens with one attached hydrogen (secondary N) is 2. The second-order valence-corrected chi connectivity index (χ2v) is 10.7. The fraction of sp³-hybridized carbons (Fsp3) is 0.440. The predicted octanol–water partition coefficient (Wildman–Crippen LogP) is 2.88. The van der Waals surface area contributed by atoms with Crippen LogP contribution in [-0.2, 0) is 14.6 Å². The van der Waals surface area contributed by atoms with Gasteiger partial charge in [0.1, 0.15) is 11.8 Å². The fourth-order valence-electron chi connectivity index (χ4n) is 3.83. The van der Waals surface area contributed by atoms with E-state index in [9.17, 15) is 18.0 Å². The summed E-state index contributed by atoms with van der Waals surface area (Å²) >= 11 is 0. The van der Waals surface area contributed by atoms with E-state index < -0.39 is 27.7 Å². The zero-order chi connectivity index (χ0) is 24.4. The number of unbranched alkanes of at least 4 members (excludes halogenated alkanes) is 3. The first-order valence-corrected chi connectivity index (χ1v) is 13.5. The first-order chi connectivity index (χ1) is 16.4. The highest BCUT2D eigenvalue weighted by molar-refractivity contribution is 7.91. The average Bonchev–Trinajstić information content (AvgIpc) is 2.84. The maximum Gasteiger partial charge on any atom is 0.269 e. The molecule has 2 amide bonds. The Morgan fingerprint density at radius 1 is 0.941 bits per heavy atom. The van der Waals surface area contributed by atoms with Crippen molar-refractivity contribution >= 4 is 21.7 Å². The number of benzene rings is 2. The molecule has 0 aromatic heterocycles. The zero-order valence-electron chi connectivity index (χ0n) is 19.5. The molecule has 1 aliphatic heterocycles. The minimum atomic E-state index is -3.09. The van der Waals surface area contributed by atoms with Gasteiger partial charge < -0.3 is 4.74 Å². The van der Waals surface area contributed by atoms with Gasteiger partial charge in [-0.3, -0.25) is 25.3 Å². The third-order valence-electron chi connectivity index (χ3n) is 5.79. The van der Waals surface area contributed by atoms with Gasteiger partial charge in [0, 0.05) is 18.7 Å². The lowest BCUT2D eigenvalue weighted by Crippen LogP contribution is -2.51. The van der Waals surface area contributed by atoms with Crippen LogP contribution in [0.4, 0.5) is 0 Å². The summed E-state index contributed by atoms with van der Waals surface area (Å²) in [5.74, 6) is -0.172.